The molecule has 2 aromatic rings. The summed E-state index contributed by atoms with van der Waals surface area (Å²) in [5, 5.41) is 0. The maximum Gasteiger partial charge on any atom is 0.119 e. The van der Waals surface area contributed by atoms with Crippen LogP contribution in [0.3, 0.4) is 0 Å². The monoisotopic (exact) mass is 343 g/mol. The van der Waals surface area contributed by atoms with Gasteiger partial charge in [-0.2, -0.15) is 0 Å². The van der Waals surface area contributed by atoms with E-state index in [-0.39, 0.29) is 0 Å². The van der Waals surface area contributed by atoms with Crippen LogP contribution in [0.5, 0.6) is 5.75 Å². The van der Waals surface area contributed by atoms with Crippen molar-refractivity contribution in [1.29, 1.82) is 0 Å². The van der Waals surface area contributed by atoms with E-state index >= 15 is 0 Å². The van der Waals surface area contributed by atoms with Crippen LogP contribution in [0.1, 0.15) is 19.3 Å². The van der Waals surface area contributed by atoms with E-state index in [1.54, 1.807) is 11.8 Å². The molecule has 3 rings (SSSR count). The van der Waals surface area contributed by atoms with E-state index in [1.807, 2.05) is 30.3 Å². The minimum atomic E-state index is 0.622. The Morgan fingerprint density at radius 2 is 1.62 bits per heavy atom. The van der Waals surface area contributed by atoms with Gasteiger partial charge < -0.3 is 21.1 Å². The van der Waals surface area contributed by atoms with Crippen molar-refractivity contribution in [2.45, 2.75) is 29.1 Å². The lowest BCUT2D eigenvalue weighted by molar-refractivity contribution is 0.263. The minimum absolute atomic E-state index is 0.622. The van der Waals surface area contributed by atoms with Crippen LogP contribution in [0.25, 0.3) is 0 Å². The highest BCUT2D eigenvalue weighted by Crippen LogP contribution is 2.31. The molecule has 128 valence electrons. The Kier molecular flexibility index (Phi) is 5.88. The Morgan fingerprint density at radius 1 is 0.917 bits per heavy atom. The number of hydrogen-bond donors (Lipinski definition) is 2. The van der Waals surface area contributed by atoms with Crippen molar-refractivity contribution in [3.8, 4) is 5.75 Å². The van der Waals surface area contributed by atoms with Gasteiger partial charge in [-0.1, -0.05) is 11.8 Å². The van der Waals surface area contributed by atoms with Gasteiger partial charge in [-0.15, -0.1) is 0 Å². The first-order chi connectivity index (χ1) is 11.7. The molecule has 1 aliphatic rings. The molecule has 0 aliphatic carbocycles. The minimum Gasteiger partial charge on any atom is -0.494 e. The summed E-state index contributed by atoms with van der Waals surface area (Å²) in [6.07, 6.45) is 3.78. The molecule has 0 atom stereocenters. The van der Waals surface area contributed by atoms with E-state index in [2.05, 4.69) is 17.0 Å². The van der Waals surface area contributed by atoms with Gasteiger partial charge in [-0.25, -0.2) is 0 Å². The first kappa shape index (κ1) is 17.0. The predicted molar refractivity (Wildman–Crippen MR) is 102 cm³/mol. The summed E-state index contributed by atoms with van der Waals surface area (Å²) < 4.78 is 5.83. The van der Waals surface area contributed by atoms with E-state index in [4.69, 9.17) is 16.2 Å². The van der Waals surface area contributed by atoms with Crippen LogP contribution < -0.4 is 16.2 Å². The standard InChI is InChI=1S/C19H25N3OS/c20-18-9-8-17(14-19(18)21)24-16-6-4-15(5-7-16)23-13-3-12-22-10-1-2-11-22/h4-9,14H,1-3,10-13,20-21H2. The second-order valence-electron chi connectivity index (χ2n) is 6.11. The highest BCUT2D eigenvalue weighted by molar-refractivity contribution is 7.99. The first-order valence-electron chi connectivity index (χ1n) is 8.49. The fraction of sp³-hybridized carbons (Fsp3) is 0.368. The molecule has 1 fully saturated rings. The Morgan fingerprint density at radius 3 is 2.33 bits per heavy atom. The Balaban J connectivity index is 1.45. The molecule has 24 heavy (non-hydrogen) atoms. The quantitative estimate of drug-likeness (QED) is 0.590. The van der Waals surface area contributed by atoms with Crippen molar-refractivity contribution in [2.24, 2.45) is 0 Å². The third-order valence-corrected chi connectivity index (χ3v) is 5.20. The largest absolute Gasteiger partial charge is 0.494 e. The number of anilines is 2. The number of nitrogens with two attached hydrogens (primary N) is 2. The van der Waals surface area contributed by atoms with Crippen LogP contribution in [-0.4, -0.2) is 31.1 Å². The van der Waals surface area contributed by atoms with E-state index in [0.717, 1.165) is 35.1 Å². The molecule has 2 aromatic carbocycles. The van der Waals surface area contributed by atoms with Gasteiger partial charge in [0.1, 0.15) is 5.75 Å². The molecule has 0 bridgehead atoms. The number of benzene rings is 2. The van der Waals surface area contributed by atoms with Gasteiger partial charge in [0.15, 0.2) is 0 Å². The lowest BCUT2D eigenvalue weighted by Gasteiger charge is -2.14. The Labute approximate surface area is 148 Å². The van der Waals surface area contributed by atoms with Crippen molar-refractivity contribution in [3.05, 3.63) is 42.5 Å². The molecule has 4 N–H and O–H groups in total. The van der Waals surface area contributed by atoms with Crippen LogP contribution >= 0.6 is 11.8 Å². The molecule has 0 radical (unpaired) electrons. The Bertz CT molecular complexity index is 654. The number of rotatable bonds is 7. The highest BCUT2D eigenvalue weighted by atomic mass is 32.2. The molecule has 0 unspecified atom stereocenters. The van der Waals surface area contributed by atoms with E-state index < -0.39 is 0 Å². The molecular weight excluding hydrogens is 318 g/mol. The van der Waals surface area contributed by atoms with Crippen molar-refractivity contribution in [1.82, 2.24) is 4.90 Å². The number of nitrogen functional groups attached to an aromatic ring is 2. The zero-order chi connectivity index (χ0) is 16.8. The van der Waals surface area contributed by atoms with Crippen molar-refractivity contribution in [2.75, 3.05) is 37.7 Å². The van der Waals surface area contributed by atoms with Crippen LogP contribution in [0, 0.1) is 0 Å². The molecule has 0 spiro atoms. The number of ether oxygens (including phenoxy) is 1. The van der Waals surface area contributed by atoms with Crippen molar-refractivity contribution < 1.29 is 4.74 Å². The number of likely N-dealkylation sites (tertiary alicyclic amines) is 1. The normalized spacial score (nSPS) is 14.8. The smallest absolute Gasteiger partial charge is 0.119 e. The molecule has 0 amide bonds. The van der Waals surface area contributed by atoms with Gasteiger partial charge >= 0.3 is 0 Å². The maximum absolute atomic E-state index is 5.85. The SMILES string of the molecule is Nc1ccc(Sc2ccc(OCCCN3CCCC3)cc2)cc1N. The summed E-state index contributed by atoms with van der Waals surface area (Å²) in [4.78, 5) is 4.76. The van der Waals surface area contributed by atoms with Gasteiger partial charge in [-0.05, 0) is 74.8 Å². The third kappa shape index (κ3) is 4.82. The lowest BCUT2D eigenvalue weighted by Crippen LogP contribution is -2.21. The average Bonchev–Trinajstić information content (AvgIpc) is 3.10. The van der Waals surface area contributed by atoms with Crippen LogP contribution in [0.15, 0.2) is 52.3 Å². The third-order valence-electron chi connectivity index (χ3n) is 4.20. The lowest BCUT2D eigenvalue weighted by atomic mass is 10.3. The van der Waals surface area contributed by atoms with E-state index in [9.17, 15) is 0 Å². The fourth-order valence-electron chi connectivity index (χ4n) is 2.84. The van der Waals surface area contributed by atoms with Crippen LogP contribution in [0.4, 0.5) is 11.4 Å². The van der Waals surface area contributed by atoms with Gasteiger partial charge in [-0.3, -0.25) is 0 Å². The summed E-state index contributed by atoms with van der Waals surface area (Å²) in [6, 6.07) is 13.9. The zero-order valence-electron chi connectivity index (χ0n) is 13.9. The molecule has 5 heteroatoms. The molecule has 1 aliphatic heterocycles. The van der Waals surface area contributed by atoms with Gasteiger partial charge in [0.25, 0.3) is 0 Å². The molecule has 1 saturated heterocycles. The highest BCUT2D eigenvalue weighted by Gasteiger charge is 2.10. The van der Waals surface area contributed by atoms with Crippen molar-refractivity contribution >= 4 is 23.1 Å². The van der Waals surface area contributed by atoms with Crippen LogP contribution in [0.2, 0.25) is 0 Å². The molecule has 1 heterocycles. The first-order valence-corrected chi connectivity index (χ1v) is 9.30. The second kappa shape index (κ2) is 8.31. The summed E-state index contributed by atoms with van der Waals surface area (Å²) in [6.45, 7) is 4.42. The number of hydrogen-bond acceptors (Lipinski definition) is 5. The number of nitrogens with zero attached hydrogens (tertiary/aromatic N) is 1. The second-order valence-corrected chi connectivity index (χ2v) is 7.26. The molecule has 4 nitrogen and oxygen atoms in total. The fourth-order valence-corrected chi connectivity index (χ4v) is 3.71. The van der Waals surface area contributed by atoms with Gasteiger partial charge in [0, 0.05) is 16.3 Å². The Hall–Kier alpha value is -1.85. The van der Waals surface area contributed by atoms with E-state index in [1.165, 1.54) is 25.9 Å². The van der Waals surface area contributed by atoms with Gasteiger partial charge in [0.2, 0.25) is 0 Å². The zero-order valence-corrected chi connectivity index (χ0v) is 14.7. The summed E-state index contributed by atoms with van der Waals surface area (Å²) in [5.74, 6) is 0.928. The molecule has 0 aromatic heterocycles. The predicted octanol–water partition coefficient (Wildman–Crippen LogP) is 3.87. The van der Waals surface area contributed by atoms with E-state index in [0.29, 0.717) is 11.4 Å². The topological polar surface area (TPSA) is 64.5 Å². The van der Waals surface area contributed by atoms with Crippen LogP contribution in [-0.2, 0) is 0 Å². The summed E-state index contributed by atoms with van der Waals surface area (Å²) in [5.41, 5.74) is 12.8. The average molecular weight is 343 g/mol. The maximum atomic E-state index is 5.85. The molecule has 0 saturated carbocycles. The molecular formula is C19H25N3OS. The van der Waals surface area contributed by atoms with Crippen molar-refractivity contribution in [3.63, 3.8) is 0 Å². The summed E-state index contributed by atoms with van der Waals surface area (Å²) in [7, 11) is 0. The van der Waals surface area contributed by atoms with Gasteiger partial charge in [0.05, 0.1) is 18.0 Å². The summed E-state index contributed by atoms with van der Waals surface area (Å²) >= 11 is 1.67.